The maximum absolute atomic E-state index is 11.4. The summed E-state index contributed by atoms with van der Waals surface area (Å²) in [6, 6.07) is 14.6. The molecular weight excluding hydrogens is 531 g/mol. The van der Waals surface area contributed by atoms with Crippen molar-refractivity contribution in [2.24, 2.45) is 10.1 Å². The number of nitrogens with two attached hydrogens (primary N) is 1. The van der Waals surface area contributed by atoms with E-state index < -0.39 is 10.0 Å². The van der Waals surface area contributed by atoms with Gasteiger partial charge >= 0.3 is 0 Å². The molecule has 0 aliphatic heterocycles. The second-order valence-corrected chi connectivity index (χ2v) is 8.05. The van der Waals surface area contributed by atoms with E-state index >= 15 is 0 Å². The summed E-state index contributed by atoms with van der Waals surface area (Å²) in [7, 11) is -0.0502. The molecule has 0 spiro atoms. The molecule has 2 aromatic rings. The fourth-order valence-electron chi connectivity index (χ4n) is 2.34. The van der Waals surface area contributed by atoms with Crippen molar-refractivity contribution in [3.63, 3.8) is 0 Å². The number of aliphatic imine (C=N–C) groups is 1. The van der Waals surface area contributed by atoms with Crippen LogP contribution in [0.2, 0.25) is 0 Å². The van der Waals surface area contributed by atoms with Crippen LogP contribution in [0.4, 0.5) is 0 Å². The second-order valence-electron chi connectivity index (χ2n) is 5.58. The van der Waals surface area contributed by atoms with Gasteiger partial charge in [0.25, 0.3) is 0 Å². The average molecular weight is 553 g/mol. The molecule has 26 heavy (non-hydrogen) atoms. The fraction of sp³-hybridized carbons (Fsp3) is 0.235. The van der Waals surface area contributed by atoms with Crippen LogP contribution in [0.1, 0.15) is 11.1 Å². The van der Waals surface area contributed by atoms with Crippen molar-refractivity contribution >= 4 is 55.9 Å². The zero-order chi connectivity index (χ0) is 18.4. The highest BCUT2D eigenvalue weighted by Crippen LogP contribution is 2.12. The Morgan fingerprint density at radius 2 is 1.85 bits per heavy atom. The zero-order valence-corrected chi connectivity index (χ0v) is 19.2. The largest absolute Gasteiger partial charge is 0.352 e. The molecule has 0 aromatic heterocycles. The van der Waals surface area contributed by atoms with Crippen LogP contribution in [0, 0.1) is 0 Å². The van der Waals surface area contributed by atoms with Crippen LogP contribution in [0.3, 0.4) is 0 Å². The van der Waals surface area contributed by atoms with Crippen molar-refractivity contribution in [2.45, 2.75) is 18.0 Å². The Kier molecular flexibility index (Phi) is 9.01. The van der Waals surface area contributed by atoms with E-state index in [1.54, 1.807) is 19.2 Å². The third-order valence-corrected chi connectivity index (χ3v) is 5.02. The van der Waals surface area contributed by atoms with E-state index in [2.05, 4.69) is 26.2 Å². The van der Waals surface area contributed by atoms with Crippen molar-refractivity contribution in [3.05, 3.63) is 64.1 Å². The summed E-state index contributed by atoms with van der Waals surface area (Å²) in [5, 5.41) is 8.40. The number of rotatable bonds is 5. The average Bonchev–Trinajstić information content (AvgIpc) is 2.57. The lowest BCUT2D eigenvalue weighted by Gasteiger charge is -2.22. The standard InChI is InChI=1S/C17H21BrN4O2S.HI/c1-20-17(22(2)12-13-6-8-15(18)9-7-13)21-11-14-4-3-5-16(10-14)25(19,23)24;/h3-10H,11-12H2,1-2H3,(H,20,21)(H2,19,23,24);1H. The van der Waals surface area contributed by atoms with Crippen LogP contribution in [0.25, 0.3) is 0 Å². The summed E-state index contributed by atoms with van der Waals surface area (Å²) in [6.45, 7) is 1.14. The van der Waals surface area contributed by atoms with Gasteiger partial charge in [-0.3, -0.25) is 4.99 Å². The molecule has 0 bridgehead atoms. The summed E-state index contributed by atoms with van der Waals surface area (Å²) >= 11 is 3.42. The van der Waals surface area contributed by atoms with Gasteiger partial charge in [0, 0.05) is 31.7 Å². The molecule has 6 nitrogen and oxygen atoms in total. The number of nitrogens with one attached hydrogen (secondary N) is 1. The molecule has 3 N–H and O–H groups in total. The lowest BCUT2D eigenvalue weighted by Crippen LogP contribution is -2.38. The Bertz CT molecular complexity index is 857. The van der Waals surface area contributed by atoms with Crippen LogP contribution in [0.15, 0.2) is 62.9 Å². The number of primary sulfonamides is 1. The van der Waals surface area contributed by atoms with E-state index in [-0.39, 0.29) is 28.9 Å². The van der Waals surface area contributed by atoms with Gasteiger partial charge in [-0.25, -0.2) is 13.6 Å². The summed E-state index contributed by atoms with van der Waals surface area (Å²) in [5.41, 5.74) is 1.97. The van der Waals surface area contributed by atoms with E-state index in [1.807, 2.05) is 42.3 Å². The molecule has 0 amide bonds. The minimum atomic E-state index is -3.70. The molecule has 9 heteroatoms. The number of sulfonamides is 1. The molecule has 0 fully saturated rings. The van der Waals surface area contributed by atoms with Crippen molar-refractivity contribution in [1.29, 1.82) is 0 Å². The molecule has 0 radical (unpaired) electrons. The first-order valence-electron chi connectivity index (χ1n) is 7.57. The monoisotopic (exact) mass is 552 g/mol. The summed E-state index contributed by atoms with van der Waals surface area (Å²) < 4.78 is 23.9. The molecule has 0 saturated heterocycles. The molecule has 0 aliphatic carbocycles. The van der Waals surface area contributed by atoms with Crippen molar-refractivity contribution in [1.82, 2.24) is 10.2 Å². The molecule has 0 heterocycles. The third-order valence-electron chi connectivity index (χ3n) is 3.58. The van der Waals surface area contributed by atoms with E-state index in [0.717, 1.165) is 15.6 Å². The van der Waals surface area contributed by atoms with Gasteiger partial charge in [-0.2, -0.15) is 0 Å². The van der Waals surface area contributed by atoms with Crippen LogP contribution < -0.4 is 10.5 Å². The van der Waals surface area contributed by atoms with E-state index in [4.69, 9.17) is 5.14 Å². The summed E-state index contributed by atoms with van der Waals surface area (Å²) in [6.07, 6.45) is 0. The van der Waals surface area contributed by atoms with Gasteiger partial charge in [0.15, 0.2) is 5.96 Å². The van der Waals surface area contributed by atoms with Crippen LogP contribution >= 0.6 is 39.9 Å². The molecule has 142 valence electrons. The predicted molar refractivity (Wildman–Crippen MR) is 119 cm³/mol. The third kappa shape index (κ3) is 6.86. The molecule has 2 rings (SSSR count). The molecular formula is C17H22BrIN4O2S. The van der Waals surface area contributed by atoms with Gasteiger partial charge in [-0.05, 0) is 35.4 Å². The van der Waals surface area contributed by atoms with Crippen molar-refractivity contribution in [3.8, 4) is 0 Å². The number of benzene rings is 2. The van der Waals surface area contributed by atoms with Gasteiger partial charge in [0.2, 0.25) is 10.0 Å². The topological polar surface area (TPSA) is 87.8 Å². The number of nitrogens with zero attached hydrogens (tertiary/aromatic N) is 2. The first-order valence-corrected chi connectivity index (χ1v) is 9.91. The highest BCUT2D eigenvalue weighted by molar-refractivity contribution is 14.0. The minimum Gasteiger partial charge on any atom is -0.352 e. The lowest BCUT2D eigenvalue weighted by atomic mass is 10.2. The number of halogens is 2. The highest BCUT2D eigenvalue weighted by Gasteiger charge is 2.10. The van der Waals surface area contributed by atoms with E-state index in [9.17, 15) is 8.42 Å². The van der Waals surface area contributed by atoms with Crippen LogP contribution in [-0.2, 0) is 23.1 Å². The number of hydrogen-bond acceptors (Lipinski definition) is 3. The maximum Gasteiger partial charge on any atom is 0.238 e. The van der Waals surface area contributed by atoms with Crippen molar-refractivity contribution in [2.75, 3.05) is 14.1 Å². The first kappa shape index (κ1) is 22.9. The van der Waals surface area contributed by atoms with E-state index in [0.29, 0.717) is 19.0 Å². The Morgan fingerprint density at radius 3 is 2.42 bits per heavy atom. The van der Waals surface area contributed by atoms with Gasteiger partial charge in [-0.15, -0.1) is 24.0 Å². The van der Waals surface area contributed by atoms with Crippen molar-refractivity contribution < 1.29 is 8.42 Å². The Hall–Kier alpha value is -1.17. The summed E-state index contributed by atoms with van der Waals surface area (Å²) in [4.78, 5) is 6.36. The first-order chi connectivity index (χ1) is 11.8. The van der Waals surface area contributed by atoms with Gasteiger partial charge in [0.1, 0.15) is 0 Å². The Balaban J connectivity index is 0.00000338. The molecule has 0 atom stereocenters. The highest BCUT2D eigenvalue weighted by atomic mass is 127. The molecule has 0 aliphatic rings. The van der Waals surface area contributed by atoms with Gasteiger partial charge < -0.3 is 10.2 Å². The SMILES string of the molecule is CN=C(NCc1cccc(S(N)(=O)=O)c1)N(C)Cc1ccc(Br)cc1.I. The Morgan fingerprint density at radius 1 is 1.19 bits per heavy atom. The quantitative estimate of drug-likeness (QED) is 0.339. The molecule has 0 unspecified atom stereocenters. The minimum absolute atomic E-state index is 0. The van der Waals surface area contributed by atoms with Crippen LogP contribution in [-0.4, -0.2) is 33.4 Å². The zero-order valence-electron chi connectivity index (χ0n) is 14.5. The Labute approximate surface area is 180 Å². The lowest BCUT2D eigenvalue weighted by molar-refractivity contribution is 0.476. The van der Waals surface area contributed by atoms with Gasteiger partial charge in [0.05, 0.1) is 4.90 Å². The van der Waals surface area contributed by atoms with Gasteiger partial charge in [-0.1, -0.05) is 40.2 Å². The predicted octanol–water partition coefficient (Wildman–Crippen LogP) is 2.92. The molecule has 2 aromatic carbocycles. The summed E-state index contributed by atoms with van der Waals surface area (Å²) in [5.74, 6) is 0.712. The number of guanidine groups is 1. The normalized spacial score (nSPS) is 11.6. The maximum atomic E-state index is 11.4. The smallest absolute Gasteiger partial charge is 0.238 e. The second kappa shape index (κ2) is 10.2. The number of hydrogen-bond donors (Lipinski definition) is 2. The molecule has 0 saturated carbocycles. The van der Waals surface area contributed by atoms with Crippen LogP contribution in [0.5, 0.6) is 0 Å². The fourth-order valence-corrected chi connectivity index (χ4v) is 3.19. The van der Waals surface area contributed by atoms with E-state index in [1.165, 1.54) is 6.07 Å².